The van der Waals surface area contributed by atoms with Crippen molar-refractivity contribution in [2.45, 2.75) is 105 Å². The van der Waals surface area contributed by atoms with Crippen LogP contribution in [-0.4, -0.2) is 233 Å². The summed E-state index contributed by atoms with van der Waals surface area (Å²) in [5.74, 6) is -18.0. The molecule has 4 saturated heterocycles. The van der Waals surface area contributed by atoms with Gasteiger partial charge in [-0.05, 0) is 101 Å². The van der Waals surface area contributed by atoms with E-state index in [1.54, 1.807) is 13.8 Å². The Morgan fingerprint density at radius 3 is 1.12 bits per heavy atom. The van der Waals surface area contributed by atoms with Crippen LogP contribution in [0.25, 0.3) is 63.5 Å². The van der Waals surface area contributed by atoms with Crippen LogP contribution in [0.5, 0.6) is 0 Å². The number of hydrogen-bond acceptors (Lipinski definition) is 16. The van der Waals surface area contributed by atoms with Crippen LogP contribution >= 0.6 is 0 Å². The molecule has 28 heteroatoms. The van der Waals surface area contributed by atoms with Crippen molar-refractivity contribution in [3.05, 3.63) is 118 Å². The van der Waals surface area contributed by atoms with Crippen molar-refractivity contribution < 1.29 is 78.1 Å². The molecule has 8 aromatic heterocycles. The highest BCUT2D eigenvalue weighted by atomic mass is 16.2. The van der Waals surface area contributed by atoms with E-state index in [0.29, 0.717) is 21.2 Å². The Kier molecular flexibility index (Phi) is 10.6. The quantitative estimate of drug-likeness (QED) is 0.0865. The van der Waals surface area contributed by atoms with Gasteiger partial charge in [0.2, 0.25) is 0 Å². The number of carbonyl (C=O) groups is 4. The second-order valence-corrected chi connectivity index (χ2v) is 20.7. The molecule has 4 fully saturated rings. The summed E-state index contributed by atoms with van der Waals surface area (Å²) in [4.78, 5) is 107. The van der Waals surface area contributed by atoms with E-state index < -0.39 is 226 Å². The number of nitrogens with one attached hydrogen (secondary N) is 4. The lowest BCUT2D eigenvalue weighted by Crippen LogP contribution is -2.53. The first kappa shape index (κ1) is 32.8. The third kappa shape index (κ3) is 15.8. The molecular weight excluding hydrogens is 1220 g/mol. The summed E-state index contributed by atoms with van der Waals surface area (Å²) < 4.78 is 362. The molecule has 4 amide bonds. The molecule has 0 aromatic carbocycles. The van der Waals surface area contributed by atoms with E-state index in [-0.39, 0.29) is 111 Å². The first-order valence-electron chi connectivity index (χ1n) is 49.6. The zero-order valence-electron chi connectivity index (χ0n) is 95.6. The maximum Gasteiger partial charge on any atom is 0.302 e. The fraction of sp³-hybridized carbons (Fsp3) is 0.529. The van der Waals surface area contributed by atoms with Crippen LogP contribution in [0.15, 0.2) is 49.4 Å². The molecule has 0 bridgehead atoms. The lowest BCUT2D eigenvalue weighted by molar-refractivity contribution is -0.131. The zero-order chi connectivity index (χ0) is 107. The third-order valence-corrected chi connectivity index (χ3v) is 13.8. The molecule has 504 valence electrons. The molecule has 0 saturated carbocycles. The number of likely N-dealkylation sites (tertiary alicyclic amines) is 4. The minimum atomic E-state index is -3.96. The standard InChI is InChI=1S/4C17H22N6O/c4*1-11-5-6-23(15(24)8-18-3)9-14(11)22(4)17-13-7-12(2)21-16(13)19-10-20-17/h4*7,10-11,14H,5-6,8-9H2,1-2,4H3,(H,19,20,21)/t4*11-,14+/m1111/s1/i1D3,5D2,6D2,7D,9D2,10D,11D,14D;5D2,6D2,7D,9D2,10D,11D,14D;1D3,5D2,6D2,7D,9D2,10D,14D;5D2,6D2,7D,9D2,10D. The summed E-state index contributed by atoms with van der Waals surface area (Å²) in [6, 6.07) is -12.2. The molecule has 4 aliphatic heterocycles. The fourth-order valence-electron chi connectivity index (χ4n) is 9.23. The van der Waals surface area contributed by atoms with Crippen LogP contribution in [0.3, 0.4) is 0 Å². The molecule has 0 aliphatic carbocycles. The number of likely N-dealkylation sites (N-methyl/N-ethyl adjacent to an activating group) is 4. The van der Waals surface area contributed by atoms with E-state index in [0.717, 1.165) is 33.0 Å². The largest absolute Gasteiger partial charge is 0.354 e. The summed E-state index contributed by atoms with van der Waals surface area (Å²) in [7, 11) is 4.34. The summed E-state index contributed by atoms with van der Waals surface area (Å²) in [6.45, 7) is -2.80. The first-order chi connectivity index (χ1) is 62.7. The van der Waals surface area contributed by atoms with Gasteiger partial charge in [0.05, 0.1) is 66.2 Å². The van der Waals surface area contributed by atoms with Gasteiger partial charge in [-0.25, -0.2) is 66.2 Å². The van der Waals surface area contributed by atoms with Crippen LogP contribution in [0, 0.1) is 77.6 Å². The van der Waals surface area contributed by atoms with Gasteiger partial charge in [0.15, 0.2) is 0 Å². The van der Waals surface area contributed by atoms with Crippen molar-refractivity contribution in [3.63, 3.8) is 0 Å². The number of amides is 4. The second-order valence-electron chi connectivity index (χ2n) is 20.7. The van der Waals surface area contributed by atoms with Crippen LogP contribution in [0.4, 0.5) is 23.3 Å². The lowest BCUT2D eigenvalue weighted by Gasteiger charge is -2.41. The molecule has 4 N–H and O–H groups in total. The number of aryl methyl sites for hydroxylation is 4. The molecule has 12 rings (SSSR count). The molecule has 28 nitrogen and oxygen atoms in total. The Morgan fingerprint density at radius 1 is 0.469 bits per heavy atom. The minimum Gasteiger partial charge on any atom is -0.354 e. The van der Waals surface area contributed by atoms with Gasteiger partial charge in [-0.2, -0.15) is 0 Å². The number of nitrogens with zero attached hydrogens (tertiary/aromatic N) is 20. The molecule has 12 heterocycles. The zero-order valence-corrected chi connectivity index (χ0v) is 52.6. The number of rotatable bonds is 12. The molecule has 0 radical (unpaired) electrons. The van der Waals surface area contributed by atoms with Crippen LogP contribution in [0.1, 0.15) is 135 Å². The smallest absolute Gasteiger partial charge is 0.302 e. The van der Waals surface area contributed by atoms with Gasteiger partial charge in [0, 0.05) is 136 Å². The van der Waals surface area contributed by atoms with E-state index in [2.05, 4.69) is 79.2 Å². The minimum absolute atomic E-state index is 0.0187. The second kappa shape index (κ2) is 31.2. The van der Waals surface area contributed by atoms with Gasteiger partial charge >= 0.3 is 23.6 Å². The van der Waals surface area contributed by atoms with Crippen LogP contribution in [-0.2, 0) is 19.2 Å². The Labute approximate surface area is 621 Å². The van der Waals surface area contributed by atoms with Crippen LogP contribution in [0.2, 0.25) is 0 Å². The van der Waals surface area contributed by atoms with Gasteiger partial charge in [-0.1, -0.05) is 27.6 Å². The van der Waals surface area contributed by atoms with Crippen LogP contribution < -0.4 is 19.6 Å². The predicted molar refractivity (Wildman–Crippen MR) is 371 cm³/mol. The number of aromatic amines is 4. The highest BCUT2D eigenvalue weighted by Gasteiger charge is 2.38. The average Bonchev–Trinajstić information content (AvgIpc) is 1.65. The highest BCUT2D eigenvalue weighted by Crippen LogP contribution is 2.34. The van der Waals surface area contributed by atoms with Gasteiger partial charge < -0.3 is 78.5 Å². The molecular formula is C68H88N24O4. The van der Waals surface area contributed by atoms with E-state index in [1.165, 1.54) is 32.7 Å². The molecule has 0 unspecified atom stereocenters. The molecule has 8 aromatic rings. The summed E-state index contributed by atoms with van der Waals surface area (Å²) >= 11 is 0. The number of fused-ring (bicyclic) bond motifs is 4. The Bertz CT molecular complexity index is 6450. The third-order valence-electron chi connectivity index (χ3n) is 13.8. The number of H-pyrrole nitrogens is 4. The Balaban J connectivity index is 0.000000208. The number of piperidine rings is 4. The molecule has 96 heavy (non-hydrogen) atoms. The van der Waals surface area contributed by atoms with Crippen molar-refractivity contribution in [2.75, 3.05) is 126 Å². The predicted octanol–water partition coefficient (Wildman–Crippen LogP) is 7.44. The van der Waals surface area contributed by atoms with Gasteiger partial charge in [-0.3, -0.25) is 19.2 Å². The van der Waals surface area contributed by atoms with E-state index in [9.17, 15) is 23.3 Å². The Hall–Kier alpha value is -10.5. The SMILES string of the molecule is [2H]c1nc(N(C)[C@@H]2[C@H](C)C([2H])([2H])C([2H])([2H])N(C(=O)C[N+]#[C-])C2([2H])[2H])c2c([2H])c(C)[nH]c2n1.[2H]c1nc(N(C)[C@@]2([2H])C([2H])([2H])N(C(=O)C[N+]#[C-])C([2H])([2H])C([2H])([2H])[C@@]2([2H])C([2H])([2H])[2H])c2c([2H])c(C)[nH]c2n1.[2H]c1nc(N(C)[C@@]2([2H])C([2H])([2H])N(C(=O)C[N+]#[C-])C([2H])([2H])C([2H])([2H])[C@@]2([2H])C)c2c([2H])c(C)[nH]c2n1.[2H]c1nc(N(C)[C@]2([2H])[C@H](C([2H])([2H])[2H])C([2H])([2H])C([2H])([2H])N(C(=O)C[N+]#[C-])C2([2H])[2H])c2c([2H])c(C)[nH]c2n1. The van der Waals surface area contributed by atoms with E-state index in [4.69, 9.17) is 81.1 Å². The van der Waals surface area contributed by atoms with Crippen molar-refractivity contribution in [1.82, 2.24) is 79.4 Å². The molecule has 0 spiro atoms. The van der Waals surface area contributed by atoms with Crippen molar-refractivity contribution in [2.24, 2.45) is 23.6 Å². The van der Waals surface area contributed by atoms with Gasteiger partial charge in [-0.15, -0.1) is 0 Å². The first-order valence-corrected chi connectivity index (χ1v) is 28.1. The Morgan fingerprint density at radius 2 is 0.771 bits per heavy atom. The fourth-order valence-corrected chi connectivity index (χ4v) is 9.23. The normalized spacial score (nSPS) is 37.8. The van der Waals surface area contributed by atoms with Crippen molar-refractivity contribution in [3.8, 4) is 0 Å². The number of anilines is 4. The average molecular weight is 1350 g/mol. The van der Waals surface area contributed by atoms with Gasteiger partial charge in [0.1, 0.15) is 76.6 Å². The monoisotopic (exact) mass is 1350 g/mol. The number of aromatic nitrogens is 12. The maximum atomic E-state index is 12.8. The summed E-state index contributed by atoms with van der Waals surface area (Å²) in [6.07, 6.45) is -15.9. The maximum absolute atomic E-state index is 12.8. The number of carbonyl (C=O) groups excluding carboxylic acids is 4. The summed E-state index contributed by atoms with van der Waals surface area (Å²) in [5, 5.41) is -0.162. The molecule has 8 atom stereocenters. The topological polar surface area (TPSA) is 278 Å². The van der Waals surface area contributed by atoms with Crippen molar-refractivity contribution in [1.29, 1.82) is 0 Å². The summed E-state index contributed by atoms with van der Waals surface area (Å²) in [5.41, 5.74) is 1.27. The van der Waals surface area contributed by atoms with Gasteiger partial charge in [0.25, 0.3) is 26.2 Å². The molecule has 4 aliphatic rings. The van der Waals surface area contributed by atoms with E-state index >= 15 is 0 Å². The lowest BCUT2D eigenvalue weighted by atomic mass is 9.92. The van der Waals surface area contributed by atoms with Crippen molar-refractivity contribution >= 4 is 91.0 Å². The highest BCUT2D eigenvalue weighted by molar-refractivity contribution is 5.91. The van der Waals surface area contributed by atoms with E-state index in [1.807, 2.05) is 0 Å². The number of hydrogen-bond donors (Lipinski definition) is 4.